The summed E-state index contributed by atoms with van der Waals surface area (Å²) in [5.74, 6) is 0. The van der Waals surface area contributed by atoms with E-state index < -0.39 is 74.9 Å². The van der Waals surface area contributed by atoms with Crippen molar-refractivity contribution >= 4 is 27.3 Å². The molecule has 24 heavy (non-hydrogen) atoms. The molecule has 0 aromatic heterocycles. The van der Waals surface area contributed by atoms with Crippen LogP contribution in [0.4, 0.5) is 0 Å². The first-order valence-electron chi connectivity index (χ1n) is 7.00. The van der Waals surface area contributed by atoms with Crippen LogP contribution < -0.4 is 0 Å². The van der Waals surface area contributed by atoms with Crippen LogP contribution in [-0.2, 0) is 9.47 Å². The molecule has 0 amide bonds. The molecule has 0 unspecified atom stereocenters. The molecule has 0 aromatic carbocycles. The van der Waals surface area contributed by atoms with E-state index in [4.69, 9.17) is 24.8 Å². The average molecular weight is 554 g/mol. The third-order valence-corrected chi connectivity index (χ3v) is 3.62. The summed E-state index contributed by atoms with van der Waals surface area (Å²) in [5.41, 5.74) is 0. The number of ether oxygens (including phenoxy) is 2. The van der Waals surface area contributed by atoms with Gasteiger partial charge in [0, 0.05) is 0 Å². The molecule has 1 aliphatic heterocycles. The van der Waals surface area contributed by atoms with Gasteiger partial charge in [-0.05, 0) is 0 Å². The Morgan fingerprint density at radius 2 is 1.38 bits per heavy atom. The number of rotatable bonds is 8. The molecule has 11 nitrogen and oxygen atoms in total. The van der Waals surface area contributed by atoms with Gasteiger partial charge in [0.25, 0.3) is 0 Å². The van der Waals surface area contributed by atoms with Crippen molar-refractivity contribution in [3.05, 3.63) is 0 Å². The maximum atomic E-state index is 9.83. The molecule has 0 saturated carbocycles. The van der Waals surface area contributed by atoms with E-state index in [2.05, 4.69) is 0 Å². The second-order valence-corrected chi connectivity index (χ2v) is 5.29. The van der Waals surface area contributed by atoms with Crippen molar-refractivity contribution < 1.29 is 55.4 Å². The fourth-order valence-electron chi connectivity index (χ4n) is 2.16. The Bertz CT molecular complexity index is 347. The van der Waals surface area contributed by atoms with Gasteiger partial charge in [0.05, 0.1) is 19.8 Å². The minimum atomic E-state index is -1.85. The fourth-order valence-corrected chi connectivity index (χ4v) is 2.16. The summed E-state index contributed by atoms with van der Waals surface area (Å²) in [6, 6.07) is 0. The molecule has 0 spiro atoms. The molecular formula is C12H26O11Pb. The van der Waals surface area contributed by atoms with Crippen LogP contribution in [0.3, 0.4) is 0 Å². The Morgan fingerprint density at radius 1 is 0.833 bits per heavy atom. The molecule has 1 aliphatic rings. The van der Waals surface area contributed by atoms with E-state index in [1.165, 1.54) is 0 Å². The van der Waals surface area contributed by atoms with Crippen LogP contribution in [0.15, 0.2) is 0 Å². The van der Waals surface area contributed by atoms with Gasteiger partial charge in [-0.25, -0.2) is 0 Å². The van der Waals surface area contributed by atoms with Gasteiger partial charge in [0.15, 0.2) is 6.29 Å². The minimum absolute atomic E-state index is 0. The van der Waals surface area contributed by atoms with Crippen molar-refractivity contribution in [2.45, 2.75) is 55.1 Å². The van der Waals surface area contributed by atoms with Crippen LogP contribution in [-0.4, -0.2) is 148 Å². The van der Waals surface area contributed by atoms with Crippen molar-refractivity contribution in [3.8, 4) is 0 Å². The molecule has 1 saturated heterocycles. The molecule has 9 N–H and O–H groups in total. The third-order valence-electron chi connectivity index (χ3n) is 3.62. The monoisotopic (exact) mass is 554 g/mol. The van der Waals surface area contributed by atoms with E-state index in [0.29, 0.717) is 0 Å². The summed E-state index contributed by atoms with van der Waals surface area (Å²) in [5, 5.41) is 84.9. The second-order valence-electron chi connectivity index (χ2n) is 5.29. The van der Waals surface area contributed by atoms with E-state index in [1.54, 1.807) is 0 Å². The second kappa shape index (κ2) is 11.2. The van der Waals surface area contributed by atoms with Crippen LogP contribution in [0.25, 0.3) is 0 Å². The Labute approximate surface area is 157 Å². The van der Waals surface area contributed by atoms with Gasteiger partial charge in [0.2, 0.25) is 0 Å². The number of aliphatic hydroxyl groups excluding tert-OH is 9. The van der Waals surface area contributed by atoms with E-state index in [0.717, 1.165) is 0 Å². The zero-order valence-electron chi connectivity index (χ0n) is 12.9. The van der Waals surface area contributed by atoms with Gasteiger partial charge in [-0.2, -0.15) is 0 Å². The van der Waals surface area contributed by atoms with Crippen molar-refractivity contribution in [1.82, 2.24) is 0 Å². The van der Waals surface area contributed by atoms with E-state index in [-0.39, 0.29) is 27.3 Å². The van der Waals surface area contributed by atoms with Crippen molar-refractivity contribution in [1.29, 1.82) is 0 Å². The summed E-state index contributed by atoms with van der Waals surface area (Å²) < 4.78 is 10.1. The summed E-state index contributed by atoms with van der Waals surface area (Å²) in [7, 11) is 0. The van der Waals surface area contributed by atoms with E-state index in [1.807, 2.05) is 0 Å². The SMILES string of the molecule is OC[C@@H](O)[C@@H](O[C@H]1O[C@H](CO)[C@@H](O)[C@H](O)[C@H]1O)[C@H](O)[C@@H](O)CO.[PbH2]. The van der Waals surface area contributed by atoms with Gasteiger partial charge in [-0.15, -0.1) is 0 Å². The Kier molecular flexibility index (Phi) is 11.5. The van der Waals surface area contributed by atoms with Crippen molar-refractivity contribution in [2.24, 2.45) is 0 Å². The number of hydrogen-bond acceptors (Lipinski definition) is 11. The standard InChI is InChI=1S/C12H24O11.Pb.2H/c13-1-4(16)7(18)11(5(17)2-14)23-12-10(21)9(20)8(19)6(3-15)22-12;;;/h4-21H,1-3H2;;;/t4-,5+,6+,7+,8+,9-,10+,11+,12+;;;/m0.../s1. The third kappa shape index (κ3) is 5.75. The van der Waals surface area contributed by atoms with Crippen LogP contribution in [0, 0.1) is 0 Å². The molecule has 12 heteroatoms. The molecule has 1 fully saturated rings. The molecule has 9 atom stereocenters. The topological polar surface area (TPSA) is 201 Å². The quantitative estimate of drug-likeness (QED) is 0.129. The number of hydrogen-bond donors (Lipinski definition) is 9. The number of aliphatic hydroxyl groups is 9. The van der Waals surface area contributed by atoms with Crippen LogP contribution in [0.5, 0.6) is 0 Å². The van der Waals surface area contributed by atoms with Gasteiger partial charge < -0.3 is 55.4 Å². The van der Waals surface area contributed by atoms with Gasteiger partial charge in [0.1, 0.15) is 48.8 Å². The predicted octanol–water partition coefficient (Wildman–Crippen LogP) is -6.68. The zero-order chi connectivity index (χ0) is 17.7. The molecular weight excluding hydrogens is 527 g/mol. The predicted molar refractivity (Wildman–Crippen MR) is 79.4 cm³/mol. The summed E-state index contributed by atoms with van der Waals surface area (Å²) in [6.45, 7) is -2.45. The van der Waals surface area contributed by atoms with Crippen molar-refractivity contribution in [2.75, 3.05) is 19.8 Å². The van der Waals surface area contributed by atoms with Crippen LogP contribution in [0.1, 0.15) is 0 Å². The molecule has 2 radical (unpaired) electrons. The van der Waals surface area contributed by atoms with Gasteiger partial charge in [-0.1, -0.05) is 0 Å². The molecule has 0 aliphatic carbocycles. The maximum absolute atomic E-state index is 9.83. The molecule has 1 heterocycles. The first-order chi connectivity index (χ1) is 10.8. The summed E-state index contributed by atoms with van der Waals surface area (Å²) in [4.78, 5) is 0. The Hall–Kier alpha value is 0.482. The summed E-state index contributed by atoms with van der Waals surface area (Å²) in [6.07, 6.45) is -15.1. The van der Waals surface area contributed by atoms with Gasteiger partial charge in [-0.3, -0.25) is 0 Å². The first kappa shape index (κ1) is 24.5. The molecule has 1 rings (SSSR count). The van der Waals surface area contributed by atoms with Crippen LogP contribution in [0.2, 0.25) is 0 Å². The van der Waals surface area contributed by atoms with E-state index in [9.17, 15) is 30.6 Å². The van der Waals surface area contributed by atoms with E-state index >= 15 is 0 Å². The average Bonchev–Trinajstić information content (AvgIpc) is 2.57. The first-order valence-corrected chi connectivity index (χ1v) is 7.00. The van der Waals surface area contributed by atoms with Gasteiger partial charge >= 0.3 is 27.3 Å². The molecule has 0 bridgehead atoms. The normalized spacial score (nSPS) is 35.6. The Morgan fingerprint density at radius 3 is 1.83 bits per heavy atom. The fraction of sp³-hybridized carbons (Fsp3) is 1.00. The zero-order valence-corrected chi connectivity index (χ0v) is 18.4. The molecule has 0 aromatic rings. The summed E-state index contributed by atoms with van der Waals surface area (Å²) >= 11 is 0. The Balaban J connectivity index is 0.00000529. The van der Waals surface area contributed by atoms with Crippen molar-refractivity contribution in [3.63, 3.8) is 0 Å². The molecule has 144 valence electrons. The van der Waals surface area contributed by atoms with Crippen LogP contribution >= 0.6 is 0 Å².